The van der Waals surface area contributed by atoms with Gasteiger partial charge < -0.3 is 20.7 Å². The SMILES string of the molecule is CCOc1ccc(NC(=O)c2ccc(NC(=S)NCCc3ccccc3)cc2)cc1. The van der Waals surface area contributed by atoms with E-state index < -0.39 is 0 Å². The molecule has 0 spiro atoms. The van der Waals surface area contributed by atoms with Crippen LogP contribution in [0.25, 0.3) is 0 Å². The minimum atomic E-state index is -0.172. The highest BCUT2D eigenvalue weighted by Crippen LogP contribution is 2.17. The number of ether oxygens (including phenoxy) is 1. The second-order valence-electron chi connectivity index (χ2n) is 6.61. The molecule has 0 radical (unpaired) electrons. The minimum Gasteiger partial charge on any atom is -0.494 e. The molecule has 3 N–H and O–H groups in total. The van der Waals surface area contributed by atoms with Crippen LogP contribution < -0.4 is 20.7 Å². The van der Waals surface area contributed by atoms with E-state index in [-0.39, 0.29) is 5.91 Å². The Morgan fingerprint density at radius 2 is 1.50 bits per heavy atom. The minimum absolute atomic E-state index is 0.172. The monoisotopic (exact) mass is 419 g/mol. The van der Waals surface area contributed by atoms with Crippen LogP contribution in [-0.2, 0) is 6.42 Å². The lowest BCUT2D eigenvalue weighted by atomic mass is 10.1. The number of benzene rings is 3. The number of hydrogen-bond donors (Lipinski definition) is 3. The van der Waals surface area contributed by atoms with Crippen molar-refractivity contribution in [2.45, 2.75) is 13.3 Å². The molecule has 5 nitrogen and oxygen atoms in total. The quantitative estimate of drug-likeness (QED) is 0.455. The highest BCUT2D eigenvalue weighted by Gasteiger charge is 2.07. The van der Waals surface area contributed by atoms with E-state index in [2.05, 4.69) is 28.1 Å². The topological polar surface area (TPSA) is 62.4 Å². The molecule has 3 aromatic carbocycles. The van der Waals surface area contributed by atoms with E-state index >= 15 is 0 Å². The van der Waals surface area contributed by atoms with E-state index in [4.69, 9.17) is 17.0 Å². The Labute approximate surface area is 182 Å². The molecule has 0 heterocycles. The van der Waals surface area contributed by atoms with Crippen LogP contribution in [0.15, 0.2) is 78.9 Å². The van der Waals surface area contributed by atoms with E-state index in [0.29, 0.717) is 17.3 Å². The summed E-state index contributed by atoms with van der Waals surface area (Å²) in [5, 5.41) is 9.76. The largest absolute Gasteiger partial charge is 0.494 e. The third kappa shape index (κ3) is 6.60. The molecule has 0 aliphatic rings. The Bertz CT molecular complexity index is 958. The molecule has 6 heteroatoms. The van der Waals surface area contributed by atoms with Crippen molar-refractivity contribution >= 4 is 34.6 Å². The molecule has 0 saturated carbocycles. The molecule has 0 saturated heterocycles. The second-order valence-corrected chi connectivity index (χ2v) is 7.01. The first-order valence-corrected chi connectivity index (χ1v) is 10.3. The molecule has 0 fully saturated rings. The fourth-order valence-corrected chi connectivity index (χ4v) is 3.07. The number of hydrogen-bond acceptors (Lipinski definition) is 3. The number of carbonyl (C=O) groups excluding carboxylic acids is 1. The van der Waals surface area contributed by atoms with Crippen molar-refractivity contribution in [3.8, 4) is 5.75 Å². The van der Waals surface area contributed by atoms with Crippen molar-refractivity contribution in [2.24, 2.45) is 0 Å². The zero-order chi connectivity index (χ0) is 21.2. The van der Waals surface area contributed by atoms with Gasteiger partial charge in [-0.2, -0.15) is 0 Å². The Kier molecular flexibility index (Phi) is 7.80. The molecule has 1 amide bonds. The van der Waals surface area contributed by atoms with Crippen LogP contribution in [0.3, 0.4) is 0 Å². The number of nitrogens with one attached hydrogen (secondary N) is 3. The first kappa shape index (κ1) is 21.3. The van der Waals surface area contributed by atoms with Crippen LogP contribution in [0.4, 0.5) is 11.4 Å². The summed E-state index contributed by atoms with van der Waals surface area (Å²) in [6, 6.07) is 24.7. The average Bonchev–Trinajstić information content (AvgIpc) is 2.76. The van der Waals surface area contributed by atoms with Crippen molar-refractivity contribution in [1.29, 1.82) is 0 Å². The Morgan fingerprint density at radius 3 is 2.17 bits per heavy atom. The fourth-order valence-electron chi connectivity index (χ4n) is 2.85. The van der Waals surface area contributed by atoms with E-state index in [1.54, 1.807) is 12.1 Å². The van der Waals surface area contributed by atoms with Crippen LogP contribution in [0.5, 0.6) is 5.75 Å². The Balaban J connectivity index is 1.46. The molecule has 0 aromatic heterocycles. The van der Waals surface area contributed by atoms with Gasteiger partial charge in [0.05, 0.1) is 6.61 Å². The van der Waals surface area contributed by atoms with Gasteiger partial charge in [-0.3, -0.25) is 4.79 Å². The van der Waals surface area contributed by atoms with Gasteiger partial charge in [-0.25, -0.2) is 0 Å². The summed E-state index contributed by atoms with van der Waals surface area (Å²) in [4.78, 5) is 12.4. The average molecular weight is 420 g/mol. The summed E-state index contributed by atoms with van der Waals surface area (Å²) in [6.45, 7) is 3.29. The lowest BCUT2D eigenvalue weighted by Gasteiger charge is -2.11. The zero-order valence-electron chi connectivity index (χ0n) is 16.9. The highest BCUT2D eigenvalue weighted by atomic mass is 32.1. The molecule has 3 rings (SSSR count). The van der Waals surface area contributed by atoms with Gasteiger partial charge in [-0.15, -0.1) is 0 Å². The number of amides is 1. The van der Waals surface area contributed by atoms with E-state index in [1.165, 1.54) is 5.56 Å². The van der Waals surface area contributed by atoms with Crippen LogP contribution >= 0.6 is 12.2 Å². The van der Waals surface area contributed by atoms with Gasteiger partial charge >= 0.3 is 0 Å². The number of carbonyl (C=O) groups is 1. The highest BCUT2D eigenvalue weighted by molar-refractivity contribution is 7.80. The lowest BCUT2D eigenvalue weighted by molar-refractivity contribution is 0.102. The smallest absolute Gasteiger partial charge is 0.255 e. The molecular formula is C24H25N3O2S. The second kappa shape index (κ2) is 11.0. The van der Waals surface area contributed by atoms with Gasteiger partial charge in [-0.1, -0.05) is 30.3 Å². The molecule has 30 heavy (non-hydrogen) atoms. The van der Waals surface area contributed by atoms with Gasteiger partial charge in [0, 0.05) is 23.5 Å². The Morgan fingerprint density at radius 1 is 0.867 bits per heavy atom. The third-order valence-electron chi connectivity index (χ3n) is 4.37. The van der Waals surface area contributed by atoms with Crippen molar-refractivity contribution in [3.05, 3.63) is 90.0 Å². The number of rotatable bonds is 8. The van der Waals surface area contributed by atoms with Gasteiger partial charge in [0.25, 0.3) is 5.91 Å². The third-order valence-corrected chi connectivity index (χ3v) is 4.62. The van der Waals surface area contributed by atoms with E-state index in [0.717, 1.165) is 30.1 Å². The summed E-state index contributed by atoms with van der Waals surface area (Å²) in [5.74, 6) is 0.605. The molecule has 0 unspecified atom stereocenters. The Hall–Kier alpha value is -3.38. The van der Waals surface area contributed by atoms with Gasteiger partial charge in [0.15, 0.2) is 5.11 Å². The van der Waals surface area contributed by atoms with Gasteiger partial charge in [-0.05, 0) is 79.7 Å². The van der Waals surface area contributed by atoms with Crippen molar-refractivity contribution in [3.63, 3.8) is 0 Å². The molecule has 0 bridgehead atoms. The first-order valence-electron chi connectivity index (χ1n) is 9.87. The molecular weight excluding hydrogens is 394 g/mol. The maximum absolute atomic E-state index is 12.4. The summed E-state index contributed by atoms with van der Waals surface area (Å²) in [7, 11) is 0. The van der Waals surface area contributed by atoms with Crippen LogP contribution in [0, 0.1) is 0 Å². The van der Waals surface area contributed by atoms with Crippen molar-refractivity contribution < 1.29 is 9.53 Å². The normalized spacial score (nSPS) is 10.2. The molecule has 0 aliphatic carbocycles. The molecule has 0 atom stereocenters. The summed E-state index contributed by atoms with van der Waals surface area (Å²) in [5.41, 5.74) is 3.37. The maximum Gasteiger partial charge on any atom is 0.255 e. The predicted octanol–water partition coefficient (Wildman–Crippen LogP) is 4.87. The summed E-state index contributed by atoms with van der Waals surface area (Å²) in [6.07, 6.45) is 0.896. The van der Waals surface area contributed by atoms with Crippen LogP contribution in [0.2, 0.25) is 0 Å². The van der Waals surface area contributed by atoms with Gasteiger partial charge in [0.2, 0.25) is 0 Å². The summed E-state index contributed by atoms with van der Waals surface area (Å²) < 4.78 is 5.41. The number of thiocarbonyl (C=S) groups is 1. The van der Waals surface area contributed by atoms with Gasteiger partial charge in [0.1, 0.15) is 5.75 Å². The van der Waals surface area contributed by atoms with Crippen LogP contribution in [-0.4, -0.2) is 24.2 Å². The van der Waals surface area contributed by atoms with Crippen molar-refractivity contribution in [1.82, 2.24) is 5.32 Å². The molecule has 3 aromatic rings. The fraction of sp³-hybridized carbons (Fsp3) is 0.167. The zero-order valence-corrected chi connectivity index (χ0v) is 17.7. The standard InChI is InChI=1S/C24H25N3O2S/c1-2-29-22-14-12-20(13-15-22)26-23(28)19-8-10-21(11-9-19)27-24(30)25-17-16-18-6-4-3-5-7-18/h3-15H,2,16-17H2,1H3,(H,26,28)(H2,25,27,30). The van der Waals surface area contributed by atoms with E-state index in [1.807, 2.05) is 61.5 Å². The first-order chi connectivity index (χ1) is 14.6. The lowest BCUT2D eigenvalue weighted by Crippen LogP contribution is -2.30. The molecule has 154 valence electrons. The van der Waals surface area contributed by atoms with E-state index in [9.17, 15) is 4.79 Å². The molecule has 0 aliphatic heterocycles. The number of anilines is 2. The predicted molar refractivity (Wildman–Crippen MR) is 126 cm³/mol. The van der Waals surface area contributed by atoms with Crippen LogP contribution in [0.1, 0.15) is 22.8 Å². The maximum atomic E-state index is 12.4. The van der Waals surface area contributed by atoms with Crippen molar-refractivity contribution in [2.75, 3.05) is 23.8 Å². The summed E-state index contributed by atoms with van der Waals surface area (Å²) >= 11 is 5.34.